The highest BCUT2D eigenvalue weighted by Gasteiger charge is 2.15. The number of hydrogen-bond acceptors (Lipinski definition) is 3. The molecule has 0 radical (unpaired) electrons. The molecule has 26 heavy (non-hydrogen) atoms. The van der Waals surface area contributed by atoms with Crippen LogP contribution in [0.15, 0.2) is 24.4 Å². The van der Waals surface area contributed by atoms with Gasteiger partial charge in [-0.3, -0.25) is 5.10 Å². The summed E-state index contributed by atoms with van der Waals surface area (Å²) in [5.74, 6) is -1.21. The fourth-order valence-electron chi connectivity index (χ4n) is 3.06. The molecule has 0 aliphatic carbocycles. The van der Waals surface area contributed by atoms with Crippen molar-refractivity contribution in [1.29, 1.82) is 0 Å². The lowest BCUT2D eigenvalue weighted by Gasteiger charge is -2.08. The molecule has 2 aromatic heterocycles. The maximum atomic E-state index is 14.1. The molecule has 0 bridgehead atoms. The number of H-pyrrole nitrogens is 1. The van der Waals surface area contributed by atoms with Crippen LogP contribution in [0.2, 0.25) is 0 Å². The first kappa shape index (κ1) is 18.3. The van der Waals surface area contributed by atoms with E-state index < -0.39 is 11.6 Å². The summed E-state index contributed by atoms with van der Waals surface area (Å²) < 4.78 is 28.7. The van der Waals surface area contributed by atoms with E-state index in [9.17, 15) is 8.78 Å². The third-order valence-corrected chi connectivity index (χ3v) is 4.61. The Morgan fingerprint density at radius 3 is 2.69 bits per heavy atom. The van der Waals surface area contributed by atoms with Gasteiger partial charge in [0.25, 0.3) is 0 Å². The number of nitrogens with zero attached hydrogens (tertiary/aromatic N) is 3. The van der Waals surface area contributed by atoms with Crippen LogP contribution in [-0.2, 0) is 13.0 Å². The van der Waals surface area contributed by atoms with Gasteiger partial charge in [-0.2, -0.15) is 10.2 Å². The predicted octanol–water partition coefficient (Wildman–Crippen LogP) is 3.52. The number of rotatable bonds is 7. The fourth-order valence-corrected chi connectivity index (χ4v) is 3.06. The second kappa shape index (κ2) is 7.78. The summed E-state index contributed by atoms with van der Waals surface area (Å²) in [7, 11) is 0. The van der Waals surface area contributed by atoms with E-state index >= 15 is 0 Å². The number of halogens is 2. The fraction of sp³-hybridized carbons (Fsp3) is 0.368. The lowest BCUT2D eigenvalue weighted by atomic mass is 10.1. The van der Waals surface area contributed by atoms with Crippen LogP contribution in [0.25, 0.3) is 5.69 Å². The topological polar surface area (TPSA) is 58.5 Å². The summed E-state index contributed by atoms with van der Waals surface area (Å²) in [5.41, 5.74) is 5.33. The molecule has 138 valence electrons. The van der Waals surface area contributed by atoms with E-state index in [0.29, 0.717) is 6.54 Å². The van der Waals surface area contributed by atoms with Crippen molar-refractivity contribution in [3.8, 4) is 5.69 Å². The first-order chi connectivity index (χ1) is 12.5. The number of aromatic nitrogens is 4. The van der Waals surface area contributed by atoms with Gasteiger partial charge in [0.15, 0.2) is 5.82 Å². The Kier molecular flexibility index (Phi) is 5.46. The van der Waals surface area contributed by atoms with E-state index in [-0.39, 0.29) is 5.69 Å². The SMILES string of the molecule is Cc1nn(-c2ccc(F)cc2F)c(C)c1CNCCCc1cn[nH]c1C. The van der Waals surface area contributed by atoms with E-state index in [0.717, 1.165) is 48.1 Å². The van der Waals surface area contributed by atoms with Crippen LogP contribution in [0.1, 0.15) is 34.6 Å². The van der Waals surface area contributed by atoms with E-state index in [1.165, 1.54) is 22.4 Å². The van der Waals surface area contributed by atoms with Gasteiger partial charge in [-0.1, -0.05) is 0 Å². The first-order valence-electron chi connectivity index (χ1n) is 8.67. The van der Waals surface area contributed by atoms with Gasteiger partial charge in [-0.05, 0) is 57.9 Å². The van der Waals surface area contributed by atoms with Crippen LogP contribution >= 0.6 is 0 Å². The zero-order chi connectivity index (χ0) is 18.7. The number of aromatic amines is 1. The van der Waals surface area contributed by atoms with Crippen molar-refractivity contribution < 1.29 is 8.78 Å². The highest BCUT2D eigenvalue weighted by molar-refractivity contribution is 5.38. The number of hydrogen-bond donors (Lipinski definition) is 2. The van der Waals surface area contributed by atoms with Gasteiger partial charge in [0.2, 0.25) is 0 Å². The van der Waals surface area contributed by atoms with Crippen molar-refractivity contribution in [3.63, 3.8) is 0 Å². The Morgan fingerprint density at radius 1 is 1.19 bits per heavy atom. The Morgan fingerprint density at radius 2 is 2.00 bits per heavy atom. The lowest BCUT2D eigenvalue weighted by molar-refractivity contribution is 0.572. The van der Waals surface area contributed by atoms with Crippen molar-refractivity contribution in [3.05, 3.63) is 64.2 Å². The van der Waals surface area contributed by atoms with E-state index in [2.05, 4.69) is 20.6 Å². The van der Waals surface area contributed by atoms with Crippen LogP contribution in [-0.4, -0.2) is 26.5 Å². The molecule has 3 aromatic rings. The van der Waals surface area contributed by atoms with Crippen LogP contribution in [0.5, 0.6) is 0 Å². The van der Waals surface area contributed by atoms with E-state index in [1.54, 1.807) is 0 Å². The molecule has 0 spiro atoms. The van der Waals surface area contributed by atoms with Crippen molar-refractivity contribution in [2.24, 2.45) is 0 Å². The van der Waals surface area contributed by atoms with Crippen molar-refractivity contribution in [1.82, 2.24) is 25.3 Å². The van der Waals surface area contributed by atoms with Crippen molar-refractivity contribution in [2.45, 2.75) is 40.2 Å². The molecule has 0 fully saturated rings. The third-order valence-electron chi connectivity index (χ3n) is 4.61. The molecule has 0 atom stereocenters. The van der Waals surface area contributed by atoms with Crippen LogP contribution < -0.4 is 5.32 Å². The molecule has 0 saturated heterocycles. The summed E-state index contributed by atoms with van der Waals surface area (Å²) in [6, 6.07) is 3.53. The number of benzene rings is 1. The lowest BCUT2D eigenvalue weighted by Crippen LogP contribution is -2.16. The van der Waals surface area contributed by atoms with E-state index in [4.69, 9.17) is 0 Å². The Labute approximate surface area is 151 Å². The van der Waals surface area contributed by atoms with Gasteiger partial charge in [0.05, 0.1) is 11.9 Å². The molecule has 0 aliphatic rings. The summed E-state index contributed by atoms with van der Waals surface area (Å²) in [6.07, 6.45) is 3.83. The largest absolute Gasteiger partial charge is 0.313 e. The number of aryl methyl sites for hydroxylation is 3. The first-order valence-corrected chi connectivity index (χ1v) is 8.67. The zero-order valence-corrected chi connectivity index (χ0v) is 15.2. The molecular weight excluding hydrogens is 336 g/mol. The van der Waals surface area contributed by atoms with Gasteiger partial charge >= 0.3 is 0 Å². The van der Waals surface area contributed by atoms with Gasteiger partial charge in [-0.25, -0.2) is 13.5 Å². The molecule has 7 heteroatoms. The minimum absolute atomic E-state index is 0.258. The highest BCUT2D eigenvalue weighted by atomic mass is 19.1. The molecule has 5 nitrogen and oxygen atoms in total. The van der Waals surface area contributed by atoms with Crippen LogP contribution in [0, 0.1) is 32.4 Å². The quantitative estimate of drug-likeness (QED) is 0.635. The highest BCUT2D eigenvalue weighted by Crippen LogP contribution is 2.20. The monoisotopic (exact) mass is 359 g/mol. The molecule has 1 aromatic carbocycles. The molecule has 0 saturated carbocycles. The van der Waals surface area contributed by atoms with Crippen molar-refractivity contribution >= 4 is 0 Å². The molecule has 2 N–H and O–H groups in total. The summed E-state index contributed by atoms with van der Waals surface area (Å²) in [5, 5.41) is 14.8. The van der Waals surface area contributed by atoms with Gasteiger partial charge < -0.3 is 5.32 Å². The molecular formula is C19H23F2N5. The second-order valence-corrected chi connectivity index (χ2v) is 6.46. The molecule has 3 rings (SSSR count). The Bertz CT molecular complexity index is 897. The van der Waals surface area contributed by atoms with Crippen LogP contribution in [0.4, 0.5) is 8.78 Å². The maximum Gasteiger partial charge on any atom is 0.151 e. The van der Waals surface area contributed by atoms with Gasteiger partial charge in [0, 0.05) is 29.6 Å². The van der Waals surface area contributed by atoms with E-state index in [1.807, 2.05) is 27.0 Å². The van der Waals surface area contributed by atoms with Gasteiger partial charge in [0.1, 0.15) is 11.5 Å². The molecule has 0 aliphatic heterocycles. The Hall–Kier alpha value is -2.54. The number of nitrogens with one attached hydrogen (secondary N) is 2. The molecule has 0 amide bonds. The second-order valence-electron chi connectivity index (χ2n) is 6.46. The average molecular weight is 359 g/mol. The van der Waals surface area contributed by atoms with Gasteiger partial charge in [-0.15, -0.1) is 0 Å². The normalized spacial score (nSPS) is 11.3. The third kappa shape index (κ3) is 3.83. The minimum Gasteiger partial charge on any atom is -0.313 e. The maximum absolute atomic E-state index is 14.1. The predicted molar refractivity (Wildman–Crippen MR) is 96.3 cm³/mol. The molecule has 2 heterocycles. The summed E-state index contributed by atoms with van der Waals surface area (Å²) >= 11 is 0. The van der Waals surface area contributed by atoms with Crippen molar-refractivity contribution in [2.75, 3.05) is 6.54 Å². The average Bonchev–Trinajstić information content (AvgIpc) is 3.12. The summed E-state index contributed by atoms with van der Waals surface area (Å²) in [6.45, 7) is 7.33. The van der Waals surface area contributed by atoms with Crippen LogP contribution in [0.3, 0.4) is 0 Å². The standard InChI is InChI=1S/C19H23F2N5/c1-12-15(10-23-24-12)5-4-8-22-11-17-13(2)25-26(14(17)3)19-7-6-16(20)9-18(19)21/h6-7,9-10,22H,4-5,8,11H2,1-3H3,(H,23,24). The molecule has 0 unspecified atom stereocenters. The summed E-state index contributed by atoms with van der Waals surface area (Å²) in [4.78, 5) is 0. The smallest absolute Gasteiger partial charge is 0.151 e. The zero-order valence-electron chi connectivity index (χ0n) is 15.2. The minimum atomic E-state index is -0.620. The Balaban J connectivity index is 1.62.